The van der Waals surface area contributed by atoms with Crippen molar-refractivity contribution in [2.75, 3.05) is 13.7 Å². The summed E-state index contributed by atoms with van der Waals surface area (Å²) in [5.41, 5.74) is 1.50. The number of imidazole rings is 1. The van der Waals surface area contributed by atoms with Crippen LogP contribution in [-0.2, 0) is 19.3 Å². The summed E-state index contributed by atoms with van der Waals surface area (Å²) in [6.45, 7) is 0.265. The number of methoxy groups -OCH3 is 1. The van der Waals surface area contributed by atoms with E-state index in [-0.39, 0.29) is 25.2 Å². The highest BCUT2D eigenvalue weighted by molar-refractivity contribution is 5.76. The van der Waals surface area contributed by atoms with Gasteiger partial charge in [0, 0.05) is 19.6 Å². The summed E-state index contributed by atoms with van der Waals surface area (Å²) in [5, 5.41) is 5.23. The van der Waals surface area contributed by atoms with Crippen LogP contribution in [0.25, 0.3) is 11.0 Å². The minimum absolute atomic E-state index is 0.0257. The Morgan fingerprint density at radius 3 is 2.50 bits per heavy atom. The van der Waals surface area contributed by atoms with Crippen LogP contribution in [-0.4, -0.2) is 29.2 Å². The summed E-state index contributed by atoms with van der Waals surface area (Å²) in [4.78, 5) is 15.6. The molecule has 0 aliphatic heterocycles. The van der Waals surface area contributed by atoms with E-state index in [1.165, 1.54) is 6.07 Å². The predicted octanol–water partition coefficient (Wildman–Crippen LogP) is 3.56. The molecule has 0 radical (unpaired) electrons. The minimum Gasteiger partial charge on any atom is -0.497 e. The first-order valence-electron chi connectivity index (χ1n) is 8.55. The van der Waals surface area contributed by atoms with Gasteiger partial charge in [-0.25, -0.2) is 9.78 Å². The molecule has 0 atom stereocenters. The number of nitrogens with one attached hydrogen (secondary N) is 2. The van der Waals surface area contributed by atoms with Crippen LogP contribution in [0.15, 0.2) is 48.5 Å². The van der Waals surface area contributed by atoms with Crippen molar-refractivity contribution in [3.63, 3.8) is 0 Å². The molecule has 2 aromatic carbocycles. The molecule has 0 saturated heterocycles. The van der Waals surface area contributed by atoms with E-state index in [0.717, 1.165) is 10.1 Å². The number of halogens is 3. The Morgan fingerprint density at radius 1 is 1.11 bits per heavy atom. The van der Waals surface area contributed by atoms with E-state index in [4.69, 9.17) is 4.74 Å². The van der Waals surface area contributed by atoms with Crippen molar-refractivity contribution in [2.24, 2.45) is 0 Å². The van der Waals surface area contributed by atoms with Gasteiger partial charge in [0.25, 0.3) is 0 Å². The number of nitrogens with zero attached hydrogens (tertiary/aromatic N) is 2. The van der Waals surface area contributed by atoms with Crippen molar-refractivity contribution in [1.29, 1.82) is 0 Å². The van der Waals surface area contributed by atoms with Crippen molar-refractivity contribution in [1.82, 2.24) is 20.2 Å². The number of alkyl halides is 3. The largest absolute Gasteiger partial charge is 0.497 e. The molecule has 0 fully saturated rings. The molecule has 0 saturated carbocycles. The predicted molar refractivity (Wildman–Crippen MR) is 98.0 cm³/mol. The number of benzene rings is 2. The molecule has 148 valence electrons. The molecule has 2 N–H and O–H groups in total. The lowest BCUT2D eigenvalue weighted by Gasteiger charge is -2.12. The quantitative estimate of drug-likeness (QED) is 0.674. The SMILES string of the molecule is COc1ccc(CNC(=O)NCCn2c(C(F)(F)F)nc3ccccc32)cc1. The van der Waals surface area contributed by atoms with Crippen molar-refractivity contribution >= 4 is 17.1 Å². The Bertz CT molecular complexity index is 952. The molecule has 1 aromatic heterocycles. The first-order valence-corrected chi connectivity index (χ1v) is 8.55. The normalized spacial score (nSPS) is 11.4. The van der Waals surface area contributed by atoms with E-state index >= 15 is 0 Å². The molecular formula is C19H19F3N4O2. The van der Waals surface area contributed by atoms with Crippen LogP contribution in [0.1, 0.15) is 11.4 Å². The van der Waals surface area contributed by atoms with Gasteiger partial charge in [-0.15, -0.1) is 0 Å². The smallest absolute Gasteiger partial charge is 0.449 e. The number of aromatic nitrogens is 2. The highest BCUT2D eigenvalue weighted by atomic mass is 19.4. The van der Waals surface area contributed by atoms with Crippen molar-refractivity contribution in [2.45, 2.75) is 19.3 Å². The monoisotopic (exact) mass is 392 g/mol. The van der Waals surface area contributed by atoms with Crippen LogP contribution in [0.3, 0.4) is 0 Å². The second-order valence-corrected chi connectivity index (χ2v) is 6.03. The molecule has 0 aliphatic carbocycles. The fraction of sp³-hybridized carbons (Fsp3) is 0.263. The third kappa shape index (κ3) is 4.54. The van der Waals surface area contributed by atoms with Crippen molar-refractivity contribution < 1.29 is 22.7 Å². The lowest BCUT2D eigenvalue weighted by molar-refractivity contribution is -0.146. The number of rotatable bonds is 6. The molecule has 6 nitrogen and oxygen atoms in total. The second-order valence-electron chi connectivity index (χ2n) is 6.03. The van der Waals surface area contributed by atoms with E-state index in [0.29, 0.717) is 11.3 Å². The molecule has 9 heteroatoms. The number of carbonyl (C=O) groups is 1. The number of carbonyl (C=O) groups excluding carboxylic acids is 1. The minimum atomic E-state index is -4.57. The number of urea groups is 1. The zero-order valence-electron chi connectivity index (χ0n) is 15.1. The fourth-order valence-corrected chi connectivity index (χ4v) is 2.79. The van der Waals surface area contributed by atoms with Gasteiger partial charge >= 0.3 is 12.2 Å². The zero-order chi connectivity index (χ0) is 20.1. The highest BCUT2D eigenvalue weighted by Gasteiger charge is 2.37. The summed E-state index contributed by atoms with van der Waals surface area (Å²) >= 11 is 0. The summed E-state index contributed by atoms with van der Waals surface area (Å²) < 4.78 is 45.9. The van der Waals surface area contributed by atoms with Crippen molar-refractivity contribution in [3.8, 4) is 5.75 Å². The number of hydrogen-bond acceptors (Lipinski definition) is 3. The Morgan fingerprint density at radius 2 is 1.82 bits per heavy atom. The average molecular weight is 392 g/mol. The Hall–Kier alpha value is -3.23. The van der Waals surface area contributed by atoms with Gasteiger partial charge in [0.1, 0.15) is 5.75 Å². The third-order valence-corrected chi connectivity index (χ3v) is 4.14. The van der Waals surface area contributed by atoms with Crippen LogP contribution in [0.4, 0.5) is 18.0 Å². The van der Waals surface area contributed by atoms with Crippen LogP contribution in [0.2, 0.25) is 0 Å². The van der Waals surface area contributed by atoms with E-state index in [2.05, 4.69) is 15.6 Å². The molecular weight excluding hydrogens is 373 g/mol. The summed E-state index contributed by atoms with van der Waals surface area (Å²) in [7, 11) is 1.56. The lowest BCUT2D eigenvalue weighted by Crippen LogP contribution is -2.37. The molecule has 3 rings (SSSR count). The van der Waals surface area contributed by atoms with Crippen LogP contribution in [0, 0.1) is 0 Å². The van der Waals surface area contributed by atoms with Gasteiger partial charge in [-0.3, -0.25) is 0 Å². The molecule has 28 heavy (non-hydrogen) atoms. The van der Waals surface area contributed by atoms with Crippen molar-refractivity contribution in [3.05, 3.63) is 59.9 Å². The van der Waals surface area contributed by atoms with Gasteiger partial charge < -0.3 is 19.9 Å². The first kappa shape index (κ1) is 19.5. The summed E-state index contributed by atoms with van der Waals surface area (Å²) in [6, 6.07) is 13.1. The van der Waals surface area contributed by atoms with Gasteiger partial charge in [-0.1, -0.05) is 24.3 Å². The molecule has 2 amide bonds. The number of fused-ring (bicyclic) bond motifs is 1. The van der Waals surface area contributed by atoms with E-state index in [1.54, 1.807) is 37.4 Å². The van der Waals surface area contributed by atoms with Crippen LogP contribution in [0.5, 0.6) is 5.75 Å². The van der Waals surface area contributed by atoms with Gasteiger partial charge in [0.15, 0.2) is 0 Å². The zero-order valence-corrected chi connectivity index (χ0v) is 15.1. The van der Waals surface area contributed by atoms with Gasteiger partial charge in [0.05, 0.1) is 18.1 Å². The summed E-state index contributed by atoms with van der Waals surface area (Å²) in [6.07, 6.45) is -4.57. The van der Waals surface area contributed by atoms with Crippen LogP contribution < -0.4 is 15.4 Å². The van der Waals surface area contributed by atoms with E-state index in [9.17, 15) is 18.0 Å². The molecule has 0 aliphatic rings. The number of amides is 2. The number of ether oxygens (including phenoxy) is 1. The first-order chi connectivity index (χ1) is 13.4. The standard InChI is InChI=1S/C19H19F3N4O2/c1-28-14-8-6-13(7-9-14)12-24-18(27)23-10-11-26-16-5-3-2-4-15(16)25-17(26)19(20,21)22/h2-9H,10-12H2,1H3,(H2,23,24,27). The molecule has 0 unspecified atom stereocenters. The van der Waals surface area contributed by atoms with E-state index < -0.39 is 18.0 Å². The Labute approximate surface area is 159 Å². The molecule has 1 heterocycles. The molecule has 0 bridgehead atoms. The Balaban J connectivity index is 1.57. The lowest BCUT2D eigenvalue weighted by atomic mass is 10.2. The fourth-order valence-electron chi connectivity index (χ4n) is 2.79. The van der Waals surface area contributed by atoms with Gasteiger partial charge in [-0.2, -0.15) is 13.2 Å². The average Bonchev–Trinajstić information content (AvgIpc) is 3.06. The molecule has 3 aromatic rings. The topological polar surface area (TPSA) is 68.2 Å². The second kappa shape index (κ2) is 8.20. The molecule has 0 spiro atoms. The maximum atomic E-state index is 13.2. The maximum absolute atomic E-state index is 13.2. The van der Waals surface area contributed by atoms with Gasteiger partial charge in [-0.05, 0) is 29.8 Å². The summed E-state index contributed by atoms with van der Waals surface area (Å²) in [5.74, 6) is -0.268. The number of hydrogen-bond donors (Lipinski definition) is 2. The van der Waals surface area contributed by atoms with Gasteiger partial charge in [0.2, 0.25) is 5.82 Å². The maximum Gasteiger partial charge on any atom is 0.449 e. The van der Waals surface area contributed by atoms with E-state index in [1.807, 2.05) is 12.1 Å². The Kier molecular flexibility index (Phi) is 5.72. The third-order valence-electron chi connectivity index (χ3n) is 4.14. The number of para-hydroxylation sites is 2. The van der Waals surface area contributed by atoms with Crippen LogP contribution >= 0.6 is 0 Å². The highest BCUT2D eigenvalue weighted by Crippen LogP contribution is 2.31.